The number of rotatable bonds is 5. The van der Waals surface area contributed by atoms with Crippen molar-refractivity contribution < 1.29 is 22.4 Å². The van der Waals surface area contributed by atoms with Gasteiger partial charge in [0.25, 0.3) is 5.91 Å². The summed E-state index contributed by atoms with van der Waals surface area (Å²) in [5.41, 5.74) is 6.92. The number of carbonyl (C=O) groups is 1. The first-order chi connectivity index (χ1) is 13.9. The molecule has 0 saturated carbocycles. The van der Waals surface area contributed by atoms with E-state index in [1.165, 1.54) is 29.6 Å². The van der Waals surface area contributed by atoms with Crippen LogP contribution in [0.5, 0.6) is 5.75 Å². The quantitative estimate of drug-likeness (QED) is 0.684. The first-order valence-electron chi connectivity index (χ1n) is 9.23. The molecule has 1 aromatic heterocycles. The van der Waals surface area contributed by atoms with Crippen molar-refractivity contribution in [2.45, 2.75) is 23.7 Å². The van der Waals surface area contributed by atoms with Crippen LogP contribution in [-0.2, 0) is 10.0 Å². The lowest BCUT2D eigenvalue weighted by molar-refractivity contribution is 0.0997. The zero-order chi connectivity index (χ0) is 20.6. The molecule has 4 rings (SSSR count). The fourth-order valence-electron chi connectivity index (χ4n) is 3.60. The summed E-state index contributed by atoms with van der Waals surface area (Å²) in [4.78, 5) is 16.2. The van der Waals surface area contributed by atoms with Gasteiger partial charge in [-0.2, -0.15) is 4.31 Å². The number of fused-ring (bicyclic) bond motifs is 1. The molecular weight excluding hydrogens is 394 g/mol. The summed E-state index contributed by atoms with van der Waals surface area (Å²) in [6.07, 6.45) is 1.20. The van der Waals surface area contributed by atoms with Crippen LogP contribution < -0.4 is 10.5 Å². The Kier molecular flexibility index (Phi) is 5.01. The lowest BCUT2D eigenvalue weighted by atomic mass is 9.98. The topological polar surface area (TPSA) is 116 Å². The van der Waals surface area contributed by atoms with Crippen molar-refractivity contribution in [2.75, 3.05) is 20.2 Å². The first kappa shape index (κ1) is 19.4. The Morgan fingerprint density at radius 3 is 2.59 bits per heavy atom. The SMILES string of the molecule is COc1ccc(S(=O)(=O)N2CCC(c3nc4ccccc4o3)CC2)cc1C(N)=O. The lowest BCUT2D eigenvalue weighted by Crippen LogP contribution is -2.38. The van der Waals surface area contributed by atoms with Crippen LogP contribution in [0, 0.1) is 0 Å². The zero-order valence-electron chi connectivity index (χ0n) is 15.9. The minimum Gasteiger partial charge on any atom is -0.496 e. The van der Waals surface area contributed by atoms with Crippen LogP contribution in [0.3, 0.4) is 0 Å². The van der Waals surface area contributed by atoms with Crippen LogP contribution in [0.25, 0.3) is 11.1 Å². The molecule has 0 aliphatic carbocycles. The van der Waals surface area contributed by atoms with E-state index < -0.39 is 15.9 Å². The molecule has 0 spiro atoms. The van der Waals surface area contributed by atoms with E-state index in [4.69, 9.17) is 14.9 Å². The highest BCUT2D eigenvalue weighted by Crippen LogP contribution is 2.32. The number of oxazole rings is 1. The molecule has 2 aromatic carbocycles. The largest absolute Gasteiger partial charge is 0.496 e. The molecule has 1 saturated heterocycles. The number of hydrogen-bond acceptors (Lipinski definition) is 6. The molecule has 1 aliphatic heterocycles. The Morgan fingerprint density at radius 1 is 1.21 bits per heavy atom. The number of methoxy groups -OCH3 is 1. The van der Waals surface area contributed by atoms with Crippen LogP contribution in [-0.4, -0.2) is 43.8 Å². The number of benzene rings is 2. The summed E-state index contributed by atoms with van der Waals surface area (Å²) in [6.45, 7) is 0.674. The van der Waals surface area contributed by atoms with Gasteiger partial charge in [-0.25, -0.2) is 13.4 Å². The van der Waals surface area contributed by atoms with E-state index in [1.54, 1.807) is 0 Å². The molecule has 1 aliphatic rings. The van der Waals surface area contributed by atoms with E-state index in [9.17, 15) is 13.2 Å². The summed E-state index contributed by atoms with van der Waals surface area (Å²) in [7, 11) is -2.36. The minimum atomic E-state index is -3.75. The molecule has 2 heterocycles. The molecule has 1 amide bonds. The van der Waals surface area contributed by atoms with Gasteiger partial charge in [0.15, 0.2) is 11.5 Å². The molecule has 0 unspecified atom stereocenters. The number of nitrogens with two attached hydrogens (primary N) is 1. The second-order valence-electron chi connectivity index (χ2n) is 6.92. The van der Waals surface area contributed by atoms with Crippen molar-refractivity contribution in [3.63, 3.8) is 0 Å². The highest BCUT2D eigenvalue weighted by molar-refractivity contribution is 7.89. The second-order valence-corrected chi connectivity index (χ2v) is 8.86. The van der Waals surface area contributed by atoms with E-state index in [1.807, 2.05) is 24.3 Å². The fraction of sp³-hybridized carbons (Fsp3) is 0.300. The zero-order valence-corrected chi connectivity index (χ0v) is 16.7. The predicted octanol–water partition coefficient (Wildman–Crippen LogP) is 2.50. The third-order valence-corrected chi connectivity index (χ3v) is 7.08. The van der Waals surface area contributed by atoms with E-state index >= 15 is 0 Å². The van der Waals surface area contributed by atoms with Crippen molar-refractivity contribution >= 4 is 27.0 Å². The third kappa shape index (κ3) is 3.58. The smallest absolute Gasteiger partial charge is 0.252 e. The van der Waals surface area contributed by atoms with Gasteiger partial charge in [0.1, 0.15) is 11.3 Å². The Morgan fingerprint density at radius 2 is 1.93 bits per heavy atom. The third-order valence-electron chi connectivity index (χ3n) is 5.19. The highest BCUT2D eigenvalue weighted by Gasteiger charge is 2.32. The number of aromatic nitrogens is 1. The average Bonchev–Trinajstić information content (AvgIpc) is 3.17. The van der Waals surface area contributed by atoms with Crippen molar-refractivity contribution in [2.24, 2.45) is 5.73 Å². The van der Waals surface area contributed by atoms with E-state index in [2.05, 4.69) is 4.98 Å². The Hall–Kier alpha value is -2.91. The van der Waals surface area contributed by atoms with Gasteiger partial charge in [-0.1, -0.05) is 12.1 Å². The molecule has 8 nitrogen and oxygen atoms in total. The van der Waals surface area contributed by atoms with Crippen molar-refractivity contribution in [3.8, 4) is 5.75 Å². The number of piperidine rings is 1. The van der Waals surface area contributed by atoms with Gasteiger partial charge in [0.2, 0.25) is 10.0 Å². The second kappa shape index (κ2) is 7.49. The Bertz CT molecular complexity index is 1130. The summed E-state index contributed by atoms with van der Waals surface area (Å²) >= 11 is 0. The molecule has 29 heavy (non-hydrogen) atoms. The van der Waals surface area contributed by atoms with Crippen molar-refractivity contribution in [1.82, 2.24) is 9.29 Å². The van der Waals surface area contributed by atoms with Crippen LogP contribution >= 0.6 is 0 Å². The number of hydrogen-bond donors (Lipinski definition) is 1. The summed E-state index contributed by atoms with van der Waals surface area (Å²) in [6, 6.07) is 11.7. The monoisotopic (exact) mass is 415 g/mol. The van der Waals surface area contributed by atoms with E-state index in [-0.39, 0.29) is 22.1 Å². The van der Waals surface area contributed by atoms with Crippen LogP contribution in [0.15, 0.2) is 51.8 Å². The highest BCUT2D eigenvalue weighted by atomic mass is 32.2. The fourth-order valence-corrected chi connectivity index (χ4v) is 5.09. The summed E-state index contributed by atoms with van der Waals surface area (Å²) in [5, 5.41) is 0. The van der Waals surface area contributed by atoms with Gasteiger partial charge in [0, 0.05) is 19.0 Å². The normalized spacial score (nSPS) is 16.2. The van der Waals surface area contributed by atoms with Gasteiger partial charge >= 0.3 is 0 Å². The maximum atomic E-state index is 13.0. The molecular formula is C20H21N3O5S. The first-order valence-corrected chi connectivity index (χ1v) is 10.7. The molecule has 0 radical (unpaired) electrons. The summed E-state index contributed by atoms with van der Waals surface area (Å²) < 4.78 is 38.4. The van der Waals surface area contributed by atoms with Gasteiger partial charge in [0.05, 0.1) is 17.6 Å². The minimum absolute atomic E-state index is 0.0208. The number of ether oxygens (including phenoxy) is 1. The van der Waals surface area contributed by atoms with Crippen molar-refractivity contribution in [3.05, 3.63) is 53.9 Å². The number of amides is 1. The van der Waals surface area contributed by atoms with Gasteiger partial charge < -0.3 is 14.9 Å². The van der Waals surface area contributed by atoms with Crippen LogP contribution in [0.4, 0.5) is 0 Å². The predicted molar refractivity (Wildman–Crippen MR) is 106 cm³/mol. The molecule has 0 bridgehead atoms. The van der Waals surface area contributed by atoms with Gasteiger partial charge in [-0.3, -0.25) is 4.79 Å². The number of carbonyl (C=O) groups excluding carboxylic acids is 1. The number of para-hydroxylation sites is 2. The molecule has 0 atom stereocenters. The maximum Gasteiger partial charge on any atom is 0.252 e. The molecule has 1 fully saturated rings. The maximum absolute atomic E-state index is 13.0. The van der Waals surface area contributed by atoms with E-state index in [0.717, 1.165) is 11.1 Å². The van der Waals surface area contributed by atoms with E-state index in [0.29, 0.717) is 31.8 Å². The molecule has 2 N–H and O–H groups in total. The Balaban J connectivity index is 1.53. The standard InChI is InChI=1S/C20H21N3O5S/c1-27-17-7-6-14(12-15(17)19(21)24)29(25,26)23-10-8-13(9-11-23)20-22-16-4-2-3-5-18(16)28-20/h2-7,12-13H,8-11H2,1H3,(H2,21,24). The molecule has 9 heteroatoms. The number of primary amides is 1. The van der Waals surface area contributed by atoms with Crippen molar-refractivity contribution in [1.29, 1.82) is 0 Å². The number of sulfonamides is 1. The van der Waals surface area contributed by atoms with Crippen LogP contribution in [0.1, 0.15) is 35.0 Å². The molecule has 152 valence electrons. The molecule has 3 aromatic rings. The van der Waals surface area contributed by atoms with Crippen LogP contribution in [0.2, 0.25) is 0 Å². The number of nitrogens with zero attached hydrogens (tertiary/aromatic N) is 2. The Labute approximate surface area is 168 Å². The van der Waals surface area contributed by atoms with Gasteiger partial charge in [-0.15, -0.1) is 0 Å². The van der Waals surface area contributed by atoms with Gasteiger partial charge in [-0.05, 0) is 43.2 Å². The summed E-state index contributed by atoms with van der Waals surface area (Å²) in [5.74, 6) is 0.203. The average molecular weight is 415 g/mol. The lowest BCUT2D eigenvalue weighted by Gasteiger charge is -2.30.